The summed E-state index contributed by atoms with van der Waals surface area (Å²) in [6.07, 6.45) is 2.36. The molecule has 1 amide bonds. The third-order valence-corrected chi connectivity index (χ3v) is 2.93. The number of amides is 1. The van der Waals surface area contributed by atoms with Crippen LogP contribution in [0.3, 0.4) is 0 Å². The van der Waals surface area contributed by atoms with E-state index in [1.54, 1.807) is 19.9 Å². The van der Waals surface area contributed by atoms with E-state index in [9.17, 15) is 4.79 Å². The van der Waals surface area contributed by atoms with Crippen molar-refractivity contribution in [1.29, 1.82) is 0 Å². The molecule has 2 aromatic rings. The van der Waals surface area contributed by atoms with Crippen LogP contribution in [0, 0.1) is 0 Å². The standard InChI is InChI=1S/C15H18N2O3/c1-4-11-5-7-12(8-6-11)20-15(2,3)14(18)16-13-9-10-19-17-13/h5-10H,4H2,1-3H3,(H,16,17,18). The van der Waals surface area contributed by atoms with Crippen LogP contribution in [0.2, 0.25) is 0 Å². The molecule has 0 spiro atoms. The van der Waals surface area contributed by atoms with Gasteiger partial charge in [-0.3, -0.25) is 4.79 Å². The first-order valence-corrected chi connectivity index (χ1v) is 6.51. The van der Waals surface area contributed by atoms with E-state index in [1.807, 2.05) is 24.3 Å². The predicted octanol–water partition coefficient (Wildman–Crippen LogP) is 3.03. The molecular weight excluding hydrogens is 256 g/mol. The molecule has 0 aliphatic heterocycles. The highest BCUT2D eigenvalue weighted by atomic mass is 16.5. The summed E-state index contributed by atoms with van der Waals surface area (Å²) in [6.45, 7) is 5.50. The Labute approximate surface area is 117 Å². The summed E-state index contributed by atoms with van der Waals surface area (Å²) in [7, 11) is 0. The quantitative estimate of drug-likeness (QED) is 0.910. The lowest BCUT2D eigenvalue weighted by molar-refractivity contribution is -0.128. The average molecular weight is 274 g/mol. The van der Waals surface area contributed by atoms with Crippen molar-refractivity contribution in [3.63, 3.8) is 0 Å². The molecule has 0 saturated heterocycles. The number of aromatic nitrogens is 1. The first kappa shape index (κ1) is 14.1. The maximum absolute atomic E-state index is 12.1. The molecule has 1 aromatic heterocycles. The fourth-order valence-corrected chi connectivity index (χ4v) is 1.68. The topological polar surface area (TPSA) is 64.4 Å². The number of ether oxygens (including phenoxy) is 1. The highest BCUT2D eigenvalue weighted by Gasteiger charge is 2.30. The zero-order chi connectivity index (χ0) is 14.6. The van der Waals surface area contributed by atoms with Gasteiger partial charge in [-0.05, 0) is 38.0 Å². The van der Waals surface area contributed by atoms with Crippen LogP contribution in [-0.4, -0.2) is 16.7 Å². The Morgan fingerprint density at radius 2 is 2.00 bits per heavy atom. The smallest absolute Gasteiger partial charge is 0.269 e. The van der Waals surface area contributed by atoms with E-state index in [0.29, 0.717) is 11.6 Å². The van der Waals surface area contributed by atoms with Crippen molar-refractivity contribution >= 4 is 11.7 Å². The van der Waals surface area contributed by atoms with E-state index in [4.69, 9.17) is 4.74 Å². The van der Waals surface area contributed by atoms with Gasteiger partial charge in [-0.15, -0.1) is 0 Å². The first-order chi connectivity index (χ1) is 9.51. The molecular formula is C15H18N2O3. The lowest BCUT2D eigenvalue weighted by Crippen LogP contribution is -2.42. The summed E-state index contributed by atoms with van der Waals surface area (Å²) in [4.78, 5) is 12.1. The largest absolute Gasteiger partial charge is 0.478 e. The summed E-state index contributed by atoms with van der Waals surface area (Å²) >= 11 is 0. The molecule has 0 fully saturated rings. The Bertz CT molecular complexity index is 559. The third-order valence-electron chi connectivity index (χ3n) is 2.93. The molecule has 1 heterocycles. The average Bonchev–Trinajstić information content (AvgIpc) is 2.92. The van der Waals surface area contributed by atoms with Gasteiger partial charge in [0.1, 0.15) is 12.0 Å². The highest BCUT2D eigenvalue weighted by Crippen LogP contribution is 2.20. The monoisotopic (exact) mass is 274 g/mol. The number of aryl methyl sites for hydroxylation is 1. The Balaban J connectivity index is 2.03. The van der Waals surface area contributed by atoms with Crippen molar-refractivity contribution in [3.8, 4) is 5.75 Å². The number of nitrogens with one attached hydrogen (secondary N) is 1. The predicted molar refractivity (Wildman–Crippen MR) is 75.7 cm³/mol. The van der Waals surface area contributed by atoms with Gasteiger partial charge in [0.2, 0.25) is 0 Å². The van der Waals surface area contributed by atoms with Crippen molar-refractivity contribution < 1.29 is 14.1 Å². The van der Waals surface area contributed by atoms with Crippen LogP contribution < -0.4 is 10.1 Å². The molecule has 0 aliphatic rings. The van der Waals surface area contributed by atoms with E-state index in [0.717, 1.165) is 6.42 Å². The molecule has 0 radical (unpaired) electrons. The summed E-state index contributed by atoms with van der Waals surface area (Å²) < 4.78 is 10.4. The zero-order valence-electron chi connectivity index (χ0n) is 11.8. The fourth-order valence-electron chi connectivity index (χ4n) is 1.68. The molecule has 5 nitrogen and oxygen atoms in total. The number of carbonyl (C=O) groups is 1. The summed E-state index contributed by atoms with van der Waals surface area (Å²) in [5, 5.41) is 6.27. The maximum Gasteiger partial charge on any atom is 0.269 e. The lowest BCUT2D eigenvalue weighted by atomic mass is 10.1. The van der Waals surface area contributed by atoms with E-state index >= 15 is 0 Å². The number of rotatable bonds is 5. The molecule has 0 unspecified atom stereocenters. The van der Waals surface area contributed by atoms with Gasteiger partial charge in [0, 0.05) is 6.07 Å². The van der Waals surface area contributed by atoms with E-state index in [1.165, 1.54) is 11.8 Å². The SMILES string of the molecule is CCc1ccc(OC(C)(C)C(=O)Nc2ccon2)cc1. The van der Waals surface area contributed by atoms with E-state index in [2.05, 4.69) is 21.9 Å². The molecule has 20 heavy (non-hydrogen) atoms. The van der Waals surface area contributed by atoms with Crippen LogP contribution >= 0.6 is 0 Å². The maximum atomic E-state index is 12.1. The number of nitrogens with zero attached hydrogens (tertiary/aromatic N) is 1. The minimum absolute atomic E-state index is 0.286. The minimum Gasteiger partial charge on any atom is -0.478 e. The normalized spacial score (nSPS) is 11.2. The molecule has 106 valence electrons. The van der Waals surface area contributed by atoms with Gasteiger partial charge >= 0.3 is 0 Å². The third kappa shape index (κ3) is 3.38. The first-order valence-electron chi connectivity index (χ1n) is 6.51. The highest BCUT2D eigenvalue weighted by molar-refractivity contribution is 5.96. The Hall–Kier alpha value is -2.30. The molecule has 0 aliphatic carbocycles. The van der Waals surface area contributed by atoms with Crippen molar-refractivity contribution in [1.82, 2.24) is 5.16 Å². The number of anilines is 1. The van der Waals surface area contributed by atoms with Crippen LogP contribution in [0.4, 0.5) is 5.82 Å². The van der Waals surface area contributed by atoms with Gasteiger partial charge in [0.25, 0.3) is 5.91 Å². The van der Waals surface area contributed by atoms with Crippen LogP contribution in [0.1, 0.15) is 26.3 Å². The fraction of sp³-hybridized carbons (Fsp3) is 0.333. The number of hydrogen-bond acceptors (Lipinski definition) is 4. The summed E-state index contributed by atoms with van der Waals surface area (Å²) in [5.74, 6) is 0.737. The molecule has 0 saturated carbocycles. The molecule has 0 bridgehead atoms. The Morgan fingerprint density at radius 3 is 2.55 bits per heavy atom. The minimum atomic E-state index is -1.01. The molecule has 5 heteroatoms. The van der Waals surface area contributed by atoms with Crippen LogP contribution in [0.5, 0.6) is 5.75 Å². The Kier molecular flexibility index (Phi) is 4.08. The molecule has 2 rings (SSSR count). The van der Waals surface area contributed by atoms with Crippen molar-refractivity contribution in [2.24, 2.45) is 0 Å². The number of benzene rings is 1. The number of carbonyl (C=O) groups excluding carboxylic acids is 1. The second kappa shape index (κ2) is 5.77. The van der Waals surface area contributed by atoms with Gasteiger partial charge in [-0.2, -0.15) is 0 Å². The van der Waals surface area contributed by atoms with Crippen LogP contribution in [-0.2, 0) is 11.2 Å². The number of hydrogen-bond donors (Lipinski definition) is 1. The van der Waals surface area contributed by atoms with Crippen molar-refractivity contribution in [2.75, 3.05) is 5.32 Å². The van der Waals surface area contributed by atoms with Gasteiger partial charge < -0.3 is 14.6 Å². The van der Waals surface area contributed by atoms with Crippen LogP contribution in [0.25, 0.3) is 0 Å². The van der Waals surface area contributed by atoms with Crippen LogP contribution in [0.15, 0.2) is 41.1 Å². The molecule has 1 aromatic carbocycles. The van der Waals surface area contributed by atoms with Gasteiger partial charge in [-0.25, -0.2) is 0 Å². The van der Waals surface area contributed by atoms with Gasteiger partial charge in [-0.1, -0.05) is 24.2 Å². The summed E-state index contributed by atoms with van der Waals surface area (Å²) in [6, 6.07) is 9.28. The van der Waals surface area contributed by atoms with Gasteiger partial charge in [0.15, 0.2) is 11.4 Å². The Morgan fingerprint density at radius 1 is 1.30 bits per heavy atom. The lowest BCUT2D eigenvalue weighted by Gasteiger charge is -2.24. The second-order valence-corrected chi connectivity index (χ2v) is 4.95. The zero-order valence-corrected chi connectivity index (χ0v) is 11.8. The van der Waals surface area contributed by atoms with E-state index < -0.39 is 5.60 Å². The summed E-state index contributed by atoms with van der Waals surface area (Å²) in [5.41, 5.74) is 0.217. The van der Waals surface area contributed by atoms with Crippen molar-refractivity contribution in [3.05, 3.63) is 42.2 Å². The second-order valence-electron chi connectivity index (χ2n) is 4.95. The van der Waals surface area contributed by atoms with Gasteiger partial charge in [0.05, 0.1) is 0 Å². The molecule has 0 atom stereocenters. The van der Waals surface area contributed by atoms with Crippen molar-refractivity contribution in [2.45, 2.75) is 32.8 Å². The van der Waals surface area contributed by atoms with E-state index in [-0.39, 0.29) is 5.91 Å². The molecule has 1 N–H and O–H groups in total.